The number of benzene rings is 1. The number of amides is 1. The zero-order valence-corrected chi connectivity index (χ0v) is 17.9. The van der Waals surface area contributed by atoms with Crippen molar-refractivity contribution in [3.8, 4) is 5.75 Å². The molecular weight excluding hydrogens is 380 g/mol. The second kappa shape index (κ2) is 9.87. The van der Waals surface area contributed by atoms with E-state index in [9.17, 15) is 4.79 Å². The third-order valence-corrected chi connectivity index (χ3v) is 4.57. The molecule has 1 amide bonds. The third kappa shape index (κ3) is 5.56. The lowest BCUT2D eigenvalue weighted by molar-refractivity contribution is -0.119. The Balaban J connectivity index is 1.74. The fourth-order valence-electron chi connectivity index (χ4n) is 3.21. The molecule has 2 aromatic heterocycles. The molecule has 3 N–H and O–H groups in total. The van der Waals surface area contributed by atoms with Gasteiger partial charge in [0.05, 0.1) is 7.11 Å². The first kappa shape index (κ1) is 21.3. The van der Waals surface area contributed by atoms with E-state index in [2.05, 4.69) is 30.6 Å². The smallest absolute Gasteiger partial charge is 0.229 e. The Kier molecular flexibility index (Phi) is 7.00. The van der Waals surface area contributed by atoms with Crippen molar-refractivity contribution in [3.63, 3.8) is 0 Å². The minimum absolute atomic E-state index is 0.0904. The maximum Gasteiger partial charge on any atom is 0.229 e. The molecule has 0 atom stereocenters. The zero-order valence-electron chi connectivity index (χ0n) is 17.9. The zero-order chi connectivity index (χ0) is 21.5. The van der Waals surface area contributed by atoms with Gasteiger partial charge < -0.3 is 9.72 Å². The van der Waals surface area contributed by atoms with Gasteiger partial charge in [0, 0.05) is 47.5 Å². The number of rotatable bonds is 7. The highest BCUT2D eigenvalue weighted by atomic mass is 16.5. The molecule has 0 saturated carbocycles. The summed E-state index contributed by atoms with van der Waals surface area (Å²) < 4.78 is 5.27. The van der Waals surface area contributed by atoms with Crippen molar-refractivity contribution < 1.29 is 9.53 Å². The van der Waals surface area contributed by atoms with E-state index in [4.69, 9.17) is 4.74 Å². The average molecular weight is 409 g/mol. The lowest BCUT2D eigenvalue weighted by atomic mass is 10.1. The number of carbonyl (C=O) groups excluding carboxylic acids is 1. The molecule has 0 aliphatic heterocycles. The Hall–Kier alpha value is -3.42. The summed E-state index contributed by atoms with van der Waals surface area (Å²) in [5.74, 6) is 1.50. The fraction of sp³-hybridized carbons (Fsp3) is 0.364. The van der Waals surface area contributed by atoms with Gasteiger partial charge in [-0.05, 0) is 50.5 Å². The Bertz CT molecular complexity index is 1040. The number of aliphatic imine (C=N–C) groups is 1. The van der Waals surface area contributed by atoms with E-state index in [0.29, 0.717) is 24.9 Å². The molecule has 3 aromatic rings. The minimum Gasteiger partial charge on any atom is -0.497 e. The highest BCUT2D eigenvalue weighted by Gasteiger charge is 2.09. The van der Waals surface area contributed by atoms with Crippen molar-refractivity contribution in [2.45, 2.75) is 40.0 Å². The normalized spacial score (nSPS) is 11.5. The standard InChI is InChI=1S/C22H28N6O2/c1-5-6-20(29)27-21(28-22-25-14(2)11-15(3)26-22)23-10-9-16-13-24-19-12-17(30-4)7-8-18(16)19/h7-8,11-13,24H,5-6,9-10H2,1-4H3,(H2,23,25,26,27,28,29). The molecule has 0 aliphatic rings. The van der Waals surface area contributed by atoms with E-state index in [1.54, 1.807) is 7.11 Å². The van der Waals surface area contributed by atoms with Crippen molar-refractivity contribution in [1.29, 1.82) is 0 Å². The first-order chi connectivity index (χ1) is 14.5. The summed E-state index contributed by atoms with van der Waals surface area (Å²) in [6.07, 6.45) is 3.89. The van der Waals surface area contributed by atoms with Crippen LogP contribution < -0.4 is 15.4 Å². The minimum atomic E-state index is -0.0904. The molecule has 0 unspecified atom stereocenters. The van der Waals surface area contributed by atoms with Crippen LogP contribution in [-0.4, -0.2) is 40.5 Å². The largest absolute Gasteiger partial charge is 0.497 e. The van der Waals surface area contributed by atoms with Gasteiger partial charge in [0.25, 0.3) is 0 Å². The number of aromatic amines is 1. The van der Waals surface area contributed by atoms with Gasteiger partial charge in [0.15, 0.2) is 0 Å². The maximum absolute atomic E-state index is 12.1. The number of ether oxygens (including phenoxy) is 1. The summed E-state index contributed by atoms with van der Waals surface area (Å²) in [5, 5.41) is 7.02. The Labute approximate surface area is 176 Å². The Morgan fingerprint density at radius 2 is 1.97 bits per heavy atom. The van der Waals surface area contributed by atoms with E-state index in [-0.39, 0.29) is 5.91 Å². The third-order valence-electron chi connectivity index (χ3n) is 4.57. The number of fused-ring (bicyclic) bond motifs is 1. The van der Waals surface area contributed by atoms with Crippen LogP contribution in [0.5, 0.6) is 5.75 Å². The van der Waals surface area contributed by atoms with Crippen molar-refractivity contribution in [2.24, 2.45) is 4.99 Å². The SMILES string of the molecule is CCCC(=O)NC(=NCCc1c[nH]c2cc(OC)ccc12)Nc1nc(C)cc(C)n1. The van der Waals surface area contributed by atoms with Gasteiger partial charge in [-0.25, -0.2) is 9.97 Å². The number of anilines is 1. The second-order valence-corrected chi connectivity index (χ2v) is 7.10. The predicted molar refractivity (Wildman–Crippen MR) is 119 cm³/mol. The van der Waals surface area contributed by atoms with Crippen LogP contribution in [0.2, 0.25) is 0 Å². The molecule has 0 aliphatic carbocycles. The van der Waals surface area contributed by atoms with E-state index >= 15 is 0 Å². The van der Waals surface area contributed by atoms with Crippen LogP contribution in [0.3, 0.4) is 0 Å². The number of H-pyrrole nitrogens is 1. The maximum atomic E-state index is 12.1. The molecule has 0 saturated heterocycles. The van der Waals surface area contributed by atoms with E-state index < -0.39 is 0 Å². The quantitative estimate of drug-likeness (QED) is 0.410. The van der Waals surface area contributed by atoms with Gasteiger partial charge in [0.1, 0.15) is 5.75 Å². The lowest BCUT2D eigenvalue weighted by Gasteiger charge is -2.11. The molecule has 158 valence electrons. The summed E-state index contributed by atoms with van der Waals surface area (Å²) in [7, 11) is 1.65. The Morgan fingerprint density at radius 3 is 2.67 bits per heavy atom. The number of nitrogens with one attached hydrogen (secondary N) is 3. The van der Waals surface area contributed by atoms with Crippen LogP contribution in [0.15, 0.2) is 35.5 Å². The van der Waals surface area contributed by atoms with Gasteiger partial charge in [-0.3, -0.25) is 20.4 Å². The average Bonchev–Trinajstić information content (AvgIpc) is 3.09. The van der Waals surface area contributed by atoms with E-state index in [1.165, 1.54) is 0 Å². The second-order valence-electron chi connectivity index (χ2n) is 7.10. The number of carbonyl (C=O) groups is 1. The fourth-order valence-corrected chi connectivity index (χ4v) is 3.21. The van der Waals surface area contributed by atoms with E-state index in [0.717, 1.165) is 46.4 Å². The molecule has 1 aromatic carbocycles. The number of guanidine groups is 1. The van der Waals surface area contributed by atoms with Crippen LogP contribution in [0, 0.1) is 13.8 Å². The predicted octanol–water partition coefficient (Wildman–Crippen LogP) is 3.51. The van der Waals surface area contributed by atoms with Crippen LogP contribution in [0.4, 0.5) is 5.95 Å². The summed E-state index contributed by atoms with van der Waals surface area (Å²) in [6, 6.07) is 7.84. The summed E-state index contributed by atoms with van der Waals surface area (Å²) in [4.78, 5) is 28.7. The number of aryl methyl sites for hydroxylation is 2. The topological polar surface area (TPSA) is 104 Å². The number of hydrogen-bond donors (Lipinski definition) is 3. The number of hydrogen-bond acceptors (Lipinski definition) is 5. The number of nitrogens with zero attached hydrogens (tertiary/aromatic N) is 3. The molecular formula is C22H28N6O2. The molecule has 0 radical (unpaired) electrons. The highest BCUT2D eigenvalue weighted by Crippen LogP contribution is 2.23. The molecule has 0 fully saturated rings. The molecule has 3 rings (SSSR count). The van der Waals surface area contributed by atoms with E-state index in [1.807, 2.05) is 51.2 Å². The first-order valence-electron chi connectivity index (χ1n) is 10.1. The van der Waals surface area contributed by atoms with Crippen LogP contribution in [0.25, 0.3) is 10.9 Å². The van der Waals surface area contributed by atoms with Crippen molar-refractivity contribution in [3.05, 3.63) is 47.4 Å². The van der Waals surface area contributed by atoms with Crippen LogP contribution in [-0.2, 0) is 11.2 Å². The molecule has 0 spiro atoms. The molecule has 30 heavy (non-hydrogen) atoms. The Morgan fingerprint density at radius 1 is 1.20 bits per heavy atom. The molecule has 8 heteroatoms. The monoisotopic (exact) mass is 408 g/mol. The van der Waals surface area contributed by atoms with Crippen molar-refractivity contribution >= 4 is 28.7 Å². The van der Waals surface area contributed by atoms with Gasteiger partial charge in [0.2, 0.25) is 17.8 Å². The van der Waals surface area contributed by atoms with Crippen molar-refractivity contribution in [2.75, 3.05) is 19.0 Å². The van der Waals surface area contributed by atoms with Gasteiger partial charge in [-0.1, -0.05) is 6.92 Å². The first-order valence-corrected chi connectivity index (χ1v) is 10.1. The van der Waals surface area contributed by atoms with Gasteiger partial charge in [-0.2, -0.15) is 0 Å². The van der Waals surface area contributed by atoms with Crippen molar-refractivity contribution in [1.82, 2.24) is 20.3 Å². The number of methoxy groups -OCH3 is 1. The van der Waals surface area contributed by atoms with Crippen LogP contribution in [0.1, 0.15) is 36.7 Å². The molecule has 8 nitrogen and oxygen atoms in total. The number of aromatic nitrogens is 3. The summed E-state index contributed by atoms with van der Waals surface area (Å²) in [6.45, 7) is 6.26. The lowest BCUT2D eigenvalue weighted by Crippen LogP contribution is -2.36. The molecule has 2 heterocycles. The summed E-state index contributed by atoms with van der Waals surface area (Å²) >= 11 is 0. The summed E-state index contributed by atoms with van der Waals surface area (Å²) in [5.41, 5.74) is 3.86. The highest BCUT2D eigenvalue weighted by molar-refractivity contribution is 6.03. The van der Waals surface area contributed by atoms with Gasteiger partial charge in [-0.15, -0.1) is 0 Å². The van der Waals surface area contributed by atoms with Crippen LogP contribution >= 0.6 is 0 Å². The molecule has 0 bridgehead atoms. The van der Waals surface area contributed by atoms with Gasteiger partial charge >= 0.3 is 0 Å².